The summed E-state index contributed by atoms with van der Waals surface area (Å²) in [6.45, 7) is 7.57. The maximum atomic E-state index is 11.1. The Bertz CT molecular complexity index is 386. The fourth-order valence-corrected chi connectivity index (χ4v) is 1.55. The number of para-hydroxylation sites is 1. The molecule has 16 heavy (non-hydrogen) atoms. The molecular formula is C12H17NO3. The minimum Gasteiger partial charge on any atom is -0.484 e. The molecule has 0 unspecified atom stereocenters. The topological polar surface area (TPSA) is 52.4 Å². The van der Waals surface area contributed by atoms with Gasteiger partial charge in [-0.15, -0.1) is 0 Å². The Morgan fingerprint density at radius 2 is 1.88 bits per heavy atom. The second kappa shape index (κ2) is 4.96. The van der Waals surface area contributed by atoms with Crippen LogP contribution in [0.3, 0.4) is 0 Å². The zero-order chi connectivity index (χ0) is 12.3. The van der Waals surface area contributed by atoms with Crippen LogP contribution in [0.5, 0.6) is 5.75 Å². The van der Waals surface area contributed by atoms with Crippen LogP contribution >= 0.6 is 0 Å². The minimum absolute atomic E-state index is 0.0684. The maximum Gasteiger partial charge on any atom is 0.314 e. The van der Waals surface area contributed by atoms with Crippen molar-refractivity contribution in [3.8, 4) is 5.75 Å². The van der Waals surface area contributed by atoms with Crippen molar-refractivity contribution in [2.45, 2.75) is 39.7 Å². The molecule has 0 N–H and O–H groups in total. The first-order valence-electron chi connectivity index (χ1n) is 5.37. The third-order valence-electron chi connectivity index (χ3n) is 2.20. The lowest BCUT2D eigenvalue weighted by atomic mass is 10.0. The Kier molecular flexibility index (Phi) is 3.88. The van der Waals surface area contributed by atoms with E-state index < -0.39 is 0 Å². The lowest BCUT2D eigenvalue weighted by Crippen LogP contribution is -2.09. The number of nitro groups is 1. The highest BCUT2D eigenvalue weighted by molar-refractivity contribution is 5.54. The first-order valence-corrected chi connectivity index (χ1v) is 5.37. The monoisotopic (exact) mass is 223 g/mol. The number of ether oxygens (including phenoxy) is 1. The van der Waals surface area contributed by atoms with E-state index in [0.29, 0.717) is 11.3 Å². The second-order valence-electron chi connectivity index (χ2n) is 4.27. The Labute approximate surface area is 95.4 Å². The molecule has 0 heterocycles. The van der Waals surface area contributed by atoms with Crippen molar-refractivity contribution in [2.75, 3.05) is 0 Å². The summed E-state index contributed by atoms with van der Waals surface area (Å²) in [6, 6.07) is 5.21. The van der Waals surface area contributed by atoms with E-state index >= 15 is 0 Å². The first kappa shape index (κ1) is 12.5. The van der Waals surface area contributed by atoms with Crippen LogP contribution in [0.25, 0.3) is 0 Å². The summed E-state index contributed by atoms with van der Waals surface area (Å²) < 4.78 is 5.46. The van der Waals surface area contributed by atoms with Crippen LogP contribution in [0.4, 0.5) is 5.69 Å². The Morgan fingerprint density at radius 3 is 2.31 bits per heavy atom. The first-order chi connectivity index (χ1) is 7.43. The molecule has 1 aromatic rings. The Hall–Kier alpha value is -1.58. The average Bonchev–Trinajstić information content (AvgIpc) is 2.15. The van der Waals surface area contributed by atoms with Gasteiger partial charge in [-0.2, -0.15) is 0 Å². The van der Waals surface area contributed by atoms with Crippen LogP contribution < -0.4 is 4.74 Å². The van der Waals surface area contributed by atoms with Gasteiger partial charge in [0.1, 0.15) is 0 Å². The normalized spacial score (nSPS) is 10.9. The highest BCUT2D eigenvalue weighted by Gasteiger charge is 2.22. The predicted octanol–water partition coefficient (Wildman–Crippen LogP) is 3.51. The van der Waals surface area contributed by atoms with E-state index in [1.807, 2.05) is 27.7 Å². The molecule has 4 heteroatoms. The van der Waals surface area contributed by atoms with E-state index in [-0.39, 0.29) is 22.6 Å². The van der Waals surface area contributed by atoms with Gasteiger partial charge in [-0.25, -0.2) is 0 Å². The molecule has 0 aromatic heterocycles. The van der Waals surface area contributed by atoms with Crippen molar-refractivity contribution >= 4 is 5.69 Å². The fourth-order valence-electron chi connectivity index (χ4n) is 1.55. The van der Waals surface area contributed by atoms with Crippen LogP contribution in [0.2, 0.25) is 0 Å². The summed E-state index contributed by atoms with van der Waals surface area (Å²) in [5, 5.41) is 11.1. The molecule has 0 radical (unpaired) electrons. The highest BCUT2D eigenvalue weighted by atomic mass is 16.6. The van der Waals surface area contributed by atoms with E-state index in [1.165, 1.54) is 0 Å². The van der Waals surface area contributed by atoms with Crippen molar-refractivity contribution in [3.05, 3.63) is 33.9 Å². The molecule has 4 nitrogen and oxygen atoms in total. The van der Waals surface area contributed by atoms with Gasteiger partial charge in [0, 0.05) is 5.56 Å². The summed E-state index contributed by atoms with van der Waals surface area (Å²) in [5.74, 6) is 0.460. The van der Waals surface area contributed by atoms with Crippen molar-refractivity contribution < 1.29 is 9.66 Å². The molecule has 1 aromatic carbocycles. The molecule has 0 amide bonds. The van der Waals surface area contributed by atoms with Gasteiger partial charge in [0.25, 0.3) is 0 Å². The van der Waals surface area contributed by atoms with Gasteiger partial charge in [-0.3, -0.25) is 10.1 Å². The SMILES string of the molecule is CC(C)Oc1cccc(C(C)C)c1[N+](=O)[O-]. The number of benzene rings is 1. The summed E-state index contributed by atoms with van der Waals surface area (Å²) in [4.78, 5) is 10.7. The average molecular weight is 223 g/mol. The molecule has 0 fully saturated rings. The third kappa shape index (κ3) is 2.72. The van der Waals surface area contributed by atoms with Crippen molar-refractivity contribution in [1.29, 1.82) is 0 Å². The molecule has 0 saturated carbocycles. The molecule has 0 aliphatic carbocycles. The second-order valence-corrected chi connectivity index (χ2v) is 4.27. The van der Waals surface area contributed by atoms with Crippen LogP contribution in [0, 0.1) is 10.1 Å². The molecule has 0 atom stereocenters. The largest absolute Gasteiger partial charge is 0.484 e. The van der Waals surface area contributed by atoms with E-state index in [4.69, 9.17) is 4.74 Å². The molecule has 0 bridgehead atoms. The predicted molar refractivity (Wildman–Crippen MR) is 62.9 cm³/mol. The van der Waals surface area contributed by atoms with Gasteiger partial charge < -0.3 is 4.74 Å². The van der Waals surface area contributed by atoms with Gasteiger partial charge in [-0.1, -0.05) is 26.0 Å². The van der Waals surface area contributed by atoms with Gasteiger partial charge in [-0.05, 0) is 25.8 Å². The highest BCUT2D eigenvalue weighted by Crippen LogP contribution is 2.35. The van der Waals surface area contributed by atoms with Crippen molar-refractivity contribution in [2.24, 2.45) is 0 Å². The quantitative estimate of drug-likeness (QED) is 0.579. The molecule has 0 aliphatic heterocycles. The van der Waals surface area contributed by atoms with E-state index in [2.05, 4.69) is 0 Å². The van der Waals surface area contributed by atoms with Crippen LogP contribution in [-0.2, 0) is 0 Å². The lowest BCUT2D eigenvalue weighted by Gasteiger charge is -2.13. The number of nitro benzene ring substituents is 1. The zero-order valence-electron chi connectivity index (χ0n) is 10.1. The summed E-state index contributed by atoms with van der Waals surface area (Å²) in [7, 11) is 0. The maximum absolute atomic E-state index is 11.1. The standard InChI is InChI=1S/C12H17NO3/c1-8(2)10-6-5-7-11(16-9(3)4)12(10)13(14)15/h5-9H,1-4H3. The van der Waals surface area contributed by atoms with E-state index in [0.717, 1.165) is 0 Å². The molecule has 0 aliphatic rings. The molecule has 0 saturated heterocycles. The van der Waals surface area contributed by atoms with E-state index in [1.54, 1.807) is 18.2 Å². The summed E-state index contributed by atoms with van der Waals surface area (Å²) in [5.41, 5.74) is 0.800. The number of rotatable bonds is 4. The lowest BCUT2D eigenvalue weighted by molar-refractivity contribution is -0.386. The van der Waals surface area contributed by atoms with Crippen molar-refractivity contribution in [3.63, 3.8) is 0 Å². The van der Waals surface area contributed by atoms with E-state index in [9.17, 15) is 10.1 Å². The van der Waals surface area contributed by atoms with Crippen LogP contribution in [-0.4, -0.2) is 11.0 Å². The number of hydrogen-bond acceptors (Lipinski definition) is 3. The molecule has 88 valence electrons. The number of hydrogen-bond donors (Lipinski definition) is 0. The van der Waals surface area contributed by atoms with Crippen molar-refractivity contribution in [1.82, 2.24) is 0 Å². The van der Waals surface area contributed by atoms with Crippen LogP contribution in [0.15, 0.2) is 18.2 Å². The van der Waals surface area contributed by atoms with Gasteiger partial charge in [0.05, 0.1) is 11.0 Å². The Balaban J connectivity index is 3.27. The third-order valence-corrected chi connectivity index (χ3v) is 2.20. The Morgan fingerprint density at radius 1 is 1.25 bits per heavy atom. The number of nitrogens with zero attached hydrogens (tertiary/aromatic N) is 1. The molecule has 0 spiro atoms. The molecule has 1 rings (SSSR count). The van der Waals surface area contributed by atoms with Gasteiger partial charge in [0.15, 0.2) is 5.75 Å². The van der Waals surface area contributed by atoms with Crippen LogP contribution in [0.1, 0.15) is 39.2 Å². The van der Waals surface area contributed by atoms with Gasteiger partial charge in [0.2, 0.25) is 0 Å². The smallest absolute Gasteiger partial charge is 0.314 e. The minimum atomic E-state index is -0.368. The molecular weight excluding hydrogens is 206 g/mol. The fraction of sp³-hybridized carbons (Fsp3) is 0.500. The van der Waals surface area contributed by atoms with Gasteiger partial charge >= 0.3 is 5.69 Å². The summed E-state index contributed by atoms with van der Waals surface area (Å²) in [6.07, 6.45) is -0.0684. The summed E-state index contributed by atoms with van der Waals surface area (Å²) >= 11 is 0. The zero-order valence-corrected chi connectivity index (χ0v) is 10.1.